The first-order valence-electron chi connectivity index (χ1n) is 6.06. The fourth-order valence-corrected chi connectivity index (χ4v) is 2.36. The molecule has 5 nitrogen and oxygen atoms in total. The Hall–Kier alpha value is -1.82. The summed E-state index contributed by atoms with van der Waals surface area (Å²) in [5.41, 5.74) is 6.46. The molecule has 110 valence electrons. The molecular formula is C14H12Cl2N2O3. The van der Waals surface area contributed by atoms with Crippen LogP contribution >= 0.6 is 23.2 Å². The highest BCUT2D eigenvalue weighted by atomic mass is 35.5. The van der Waals surface area contributed by atoms with E-state index in [4.69, 9.17) is 33.7 Å². The Kier molecular flexibility index (Phi) is 4.67. The molecule has 0 unspecified atom stereocenters. The monoisotopic (exact) mass is 326 g/mol. The summed E-state index contributed by atoms with van der Waals surface area (Å²) in [7, 11) is 0. The molecule has 21 heavy (non-hydrogen) atoms. The number of nitro benzene ring substituents is 1. The van der Waals surface area contributed by atoms with Crippen molar-refractivity contribution in [2.75, 3.05) is 0 Å². The zero-order valence-electron chi connectivity index (χ0n) is 11.0. The van der Waals surface area contributed by atoms with Gasteiger partial charge in [-0.1, -0.05) is 41.4 Å². The minimum atomic E-state index is -0.572. The molecule has 0 aliphatic rings. The third-order valence-corrected chi connectivity index (χ3v) is 3.38. The van der Waals surface area contributed by atoms with E-state index in [1.54, 1.807) is 12.1 Å². The van der Waals surface area contributed by atoms with Gasteiger partial charge in [-0.25, -0.2) is 0 Å². The van der Waals surface area contributed by atoms with Crippen LogP contribution in [0.5, 0.6) is 11.5 Å². The third kappa shape index (κ3) is 3.44. The first-order chi connectivity index (χ1) is 9.90. The molecule has 0 saturated heterocycles. The van der Waals surface area contributed by atoms with E-state index in [9.17, 15) is 10.1 Å². The van der Waals surface area contributed by atoms with E-state index in [1.165, 1.54) is 12.1 Å². The molecule has 1 atom stereocenters. The highest BCUT2D eigenvalue weighted by molar-refractivity contribution is 6.37. The molecule has 2 aromatic carbocycles. The Balaban J connectivity index is 2.43. The molecule has 0 aliphatic heterocycles. The van der Waals surface area contributed by atoms with Crippen molar-refractivity contribution in [2.45, 2.75) is 13.0 Å². The molecule has 2 rings (SSSR count). The number of non-ortho nitro benzene ring substituents is 1. The highest BCUT2D eigenvalue weighted by Gasteiger charge is 2.18. The first kappa shape index (κ1) is 15.6. The van der Waals surface area contributed by atoms with Crippen molar-refractivity contribution in [1.29, 1.82) is 0 Å². The number of ether oxygens (including phenoxy) is 1. The summed E-state index contributed by atoms with van der Waals surface area (Å²) < 4.78 is 5.70. The van der Waals surface area contributed by atoms with E-state index in [-0.39, 0.29) is 27.5 Å². The van der Waals surface area contributed by atoms with Crippen LogP contribution in [-0.4, -0.2) is 4.92 Å². The number of hydrogen-bond acceptors (Lipinski definition) is 4. The van der Waals surface area contributed by atoms with Crippen molar-refractivity contribution in [2.24, 2.45) is 5.73 Å². The number of hydrogen-bond donors (Lipinski definition) is 1. The Morgan fingerprint density at radius 2 is 1.81 bits per heavy atom. The molecule has 2 N–H and O–H groups in total. The van der Waals surface area contributed by atoms with Gasteiger partial charge >= 0.3 is 0 Å². The summed E-state index contributed by atoms with van der Waals surface area (Å²) in [5, 5.41) is 10.9. The van der Waals surface area contributed by atoms with Crippen LogP contribution in [0.15, 0.2) is 36.4 Å². The van der Waals surface area contributed by atoms with Crippen LogP contribution in [0.1, 0.15) is 18.5 Å². The quantitative estimate of drug-likeness (QED) is 0.651. The van der Waals surface area contributed by atoms with E-state index in [0.717, 1.165) is 5.56 Å². The molecule has 0 fully saturated rings. The molecule has 0 amide bonds. The lowest BCUT2D eigenvalue weighted by Crippen LogP contribution is -2.06. The summed E-state index contributed by atoms with van der Waals surface area (Å²) in [5.74, 6) is 0.669. The lowest BCUT2D eigenvalue weighted by atomic mass is 10.1. The van der Waals surface area contributed by atoms with Crippen molar-refractivity contribution < 1.29 is 9.66 Å². The predicted octanol–water partition coefficient (Wildman–Crippen LogP) is 4.71. The van der Waals surface area contributed by atoms with E-state index >= 15 is 0 Å². The topological polar surface area (TPSA) is 78.4 Å². The Morgan fingerprint density at radius 1 is 1.24 bits per heavy atom. The minimum absolute atomic E-state index is 0.0636. The second kappa shape index (κ2) is 6.30. The second-order valence-electron chi connectivity index (χ2n) is 4.42. The second-order valence-corrected chi connectivity index (χ2v) is 5.24. The third-order valence-electron chi connectivity index (χ3n) is 2.82. The van der Waals surface area contributed by atoms with Gasteiger partial charge in [0.05, 0.1) is 15.0 Å². The standard InChI is InChI=1S/C14H12Cl2N2O3/c1-8(17)10-4-2-3-5-13(10)21-14-11(15)6-9(18(19)20)7-12(14)16/h2-8H,17H2,1H3/t8-/m0/s1. The molecule has 0 spiro atoms. The largest absolute Gasteiger partial charge is 0.454 e. The van der Waals surface area contributed by atoms with Gasteiger partial charge in [-0.2, -0.15) is 0 Å². The number of nitro groups is 1. The molecule has 0 aliphatic carbocycles. The SMILES string of the molecule is C[C@H](N)c1ccccc1Oc1c(Cl)cc([N+](=O)[O-])cc1Cl. The lowest BCUT2D eigenvalue weighted by molar-refractivity contribution is -0.384. The molecule has 0 aromatic heterocycles. The van der Waals surface area contributed by atoms with E-state index in [2.05, 4.69) is 0 Å². The fourth-order valence-electron chi connectivity index (χ4n) is 1.81. The van der Waals surface area contributed by atoms with Crippen molar-refractivity contribution in [3.05, 3.63) is 62.1 Å². The van der Waals surface area contributed by atoms with Crippen molar-refractivity contribution in [3.63, 3.8) is 0 Å². The number of halogens is 2. The number of rotatable bonds is 4. The van der Waals surface area contributed by atoms with Crippen LogP contribution in [0.2, 0.25) is 10.0 Å². The first-order valence-corrected chi connectivity index (χ1v) is 6.81. The molecule has 0 bridgehead atoms. The van der Waals surface area contributed by atoms with Gasteiger partial charge in [0.25, 0.3) is 5.69 Å². The average Bonchev–Trinajstić information content (AvgIpc) is 2.42. The van der Waals surface area contributed by atoms with Gasteiger partial charge in [-0.3, -0.25) is 10.1 Å². The molecule has 0 heterocycles. The number of nitrogens with zero attached hydrogens (tertiary/aromatic N) is 1. The average molecular weight is 327 g/mol. The number of nitrogens with two attached hydrogens (primary N) is 1. The van der Waals surface area contributed by atoms with Crippen LogP contribution in [-0.2, 0) is 0 Å². The Morgan fingerprint density at radius 3 is 2.33 bits per heavy atom. The number of benzene rings is 2. The fraction of sp³-hybridized carbons (Fsp3) is 0.143. The Labute approximate surface area is 131 Å². The van der Waals surface area contributed by atoms with Gasteiger partial charge in [0.15, 0.2) is 5.75 Å². The number of para-hydroxylation sites is 1. The summed E-state index contributed by atoms with van der Waals surface area (Å²) >= 11 is 12.0. The zero-order valence-corrected chi connectivity index (χ0v) is 12.6. The maximum absolute atomic E-state index is 10.7. The van der Waals surface area contributed by atoms with Crippen LogP contribution in [0, 0.1) is 10.1 Å². The van der Waals surface area contributed by atoms with E-state index < -0.39 is 4.92 Å². The van der Waals surface area contributed by atoms with Gasteiger partial charge in [-0.05, 0) is 13.0 Å². The molecular weight excluding hydrogens is 315 g/mol. The lowest BCUT2D eigenvalue weighted by Gasteiger charge is -2.15. The highest BCUT2D eigenvalue weighted by Crippen LogP contribution is 2.40. The Bertz CT molecular complexity index is 667. The van der Waals surface area contributed by atoms with Gasteiger partial charge in [0.2, 0.25) is 0 Å². The van der Waals surface area contributed by atoms with Crippen LogP contribution in [0.3, 0.4) is 0 Å². The normalized spacial score (nSPS) is 12.0. The van der Waals surface area contributed by atoms with Gasteiger partial charge in [-0.15, -0.1) is 0 Å². The molecule has 0 saturated carbocycles. The van der Waals surface area contributed by atoms with Crippen molar-refractivity contribution >= 4 is 28.9 Å². The van der Waals surface area contributed by atoms with Crippen LogP contribution in [0.4, 0.5) is 5.69 Å². The minimum Gasteiger partial charge on any atom is -0.454 e. The van der Waals surface area contributed by atoms with Crippen molar-refractivity contribution in [3.8, 4) is 11.5 Å². The van der Waals surface area contributed by atoms with Crippen molar-refractivity contribution in [1.82, 2.24) is 0 Å². The smallest absolute Gasteiger partial charge is 0.272 e. The van der Waals surface area contributed by atoms with Gasteiger partial charge in [0, 0.05) is 23.7 Å². The van der Waals surface area contributed by atoms with Crippen LogP contribution < -0.4 is 10.5 Å². The maximum atomic E-state index is 10.7. The zero-order chi connectivity index (χ0) is 15.6. The molecule has 2 aromatic rings. The summed E-state index contributed by atoms with van der Waals surface area (Å²) in [6.07, 6.45) is 0. The molecule has 7 heteroatoms. The van der Waals surface area contributed by atoms with Gasteiger partial charge in [0.1, 0.15) is 5.75 Å². The summed E-state index contributed by atoms with van der Waals surface area (Å²) in [6, 6.07) is 9.32. The summed E-state index contributed by atoms with van der Waals surface area (Å²) in [4.78, 5) is 10.2. The van der Waals surface area contributed by atoms with E-state index in [1.807, 2.05) is 19.1 Å². The van der Waals surface area contributed by atoms with Gasteiger partial charge < -0.3 is 10.5 Å². The molecule has 0 radical (unpaired) electrons. The van der Waals surface area contributed by atoms with Crippen LogP contribution in [0.25, 0.3) is 0 Å². The maximum Gasteiger partial charge on any atom is 0.272 e. The van der Waals surface area contributed by atoms with E-state index in [0.29, 0.717) is 5.75 Å². The summed E-state index contributed by atoms with van der Waals surface area (Å²) in [6.45, 7) is 1.82. The predicted molar refractivity (Wildman–Crippen MR) is 82.2 cm³/mol.